The number of nitrogens with one attached hydrogen (secondary N) is 1. The molecule has 0 bridgehead atoms. The maximum atomic E-state index is 11.9. The van der Waals surface area contributed by atoms with Gasteiger partial charge in [-0.15, -0.1) is 0 Å². The zero-order valence-electron chi connectivity index (χ0n) is 10.4. The van der Waals surface area contributed by atoms with Crippen LogP contribution in [-0.4, -0.2) is 55.7 Å². The molecule has 0 spiro atoms. The first-order valence-electron chi connectivity index (χ1n) is 6.59. The first-order valence-corrected chi connectivity index (χ1v) is 6.59. The molecule has 0 radical (unpaired) electrons. The number of piperidine rings is 1. The van der Waals surface area contributed by atoms with E-state index in [1.807, 2.05) is 0 Å². The van der Waals surface area contributed by atoms with Crippen molar-refractivity contribution in [3.8, 4) is 0 Å². The predicted octanol–water partition coefficient (Wildman–Crippen LogP) is -0.295. The first kappa shape index (κ1) is 12.8. The van der Waals surface area contributed by atoms with E-state index < -0.39 is 0 Å². The molecule has 0 aromatic heterocycles. The van der Waals surface area contributed by atoms with E-state index in [4.69, 9.17) is 10.5 Å². The van der Waals surface area contributed by atoms with Gasteiger partial charge in [0, 0.05) is 31.8 Å². The largest absolute Gasteiger partial charge is 0.381 e. The molecule has 98 valence electrons. The Morgan fingerprint density at radius 3 is 2.82 bits per heavy atom. The molecule has 5 heteroatoms. The maximum absolute atomic E-state index is 11.9. The van der Waals surface area contributed by atoms with E-state index in [9.17, 15) is 4.79 Å². The van der Waals surface area contributed by atoms with Crippen LogP contribution in [0.25, 0.3) is 0 Å². The number of hydrogen-bond acceptors (Lipinski definition) is 4. The summed E-state index contributed by atoms with van der Waals surface area (Å²) in [6, 6.07) is 0.536. The standard InChI is InChI=1S/C12H23N3O2/c13-10-2-1-5-15(8-10)9-12(16)14-11-3-6-17-7-4-11/h10-11H,1-9,13H2,(H,14,16)/t10-/m1/s1. The highest BCUT2D eigenvalue weighted by atomic mass is 16.5. The van der Waals surface area contributed by atoms with Crippen LogP contribution in [0.1, 0.15) is 25.7 Å². The van der Waals surface area contributed by atoms with Crippen molar-refractivity contribution in [1.29, 1.82) is 0 Å². The number of nitrogens with two attached hydrogens (primary N) is 1. The molecular weight excluding hydrogens is 218 g/mol. The van der Waals surface area contributed by atoms with Crippen LogP contribution in [0.4, 0.5) is 0 Å². The van der Waals surface area contributed by atoms with E-state index in [-0.39, 0.29) is 11.9 Å². The molecule has 2 rings (SSSR count). The Hall–Kier alpha value is -0.650. The highest BCUT2D eigenvalue weighted by molar-refractivity contribution is 5.78. The Labute approximate surface area is 103 Å². The van der Waals surface area contributed by atoms with Gasteiger partial charge in [-0.2, -0.15) is 0 Å². The summed E-state index contributed by atoms with van der Waals surface area (Å²) in [5, 5.41) is 3.08. The van der Waals surface area contributed by atoms with Crippen LogP contribution >= 0.6 is 0 Å². The Morgan fingerprint density at radius 2 is 2.12 bits per heavy atom. The molecule has 0 aromatic rings. The second-order valence-electron chi connectivity index (χ2n) is 5.09. The number of ether oxygens (including phenoxy) is 1. The Morgan fingerprint density at radius 1 is 1.35 bits per heavy atom. The van der Waals surface area contributed by atoms with Gasteiger partial charge in [-0.05, 0) is 32.2 Å². The van der Waals surface area contributed by atoms with Gasteiger partial charge in [0.2, 0.25) is 5.91 Å². The highest BCUT2D eigenvalue weighted by Crippen LogP contribution is 2.09. The molecule has 0 saturated carbocycles. The number of likely N-dealkylation sites (tertiary alicyclic amines) is 1. The smallest absolute Gasteiger partial charge is 0.234 e. The van der Waals surface area contributed by atoms with Crippen molar-refractivity contribution in [3.63, 3.8) is 0 Å². The third-order valence-electron chi connectivity index (χ3n) is 3.50. The molecule has 2 fully saturated rings. The van der Waals surface area contributed by atoms with Crippen LogP contribution < -0.4 is 11.1 Å². The number of amides is 1. The number of rotatable bonds is 3. The monoisotopic (exact) mass is 241 g/mol. The second-order valence-corrected chi connectivity index (χ2v) is 5.09. The van der Waals surface area contributed by atoms with Gasteiger partial charge < -0.3 is 15.8 Å². The van der Waals surface area contributed by atoms with Crippen molar-refractivity contribution in [2.45, 2.75) is 37.8 Å². The number of nitrogens with zero attached hydrogens (tertiary/aromatic N) is 1. The van der Waals surface area contributed by atoms with Crippen LogP contribution in [-0.2, 0) is 9.53 Å². The molecule has 3 N–H and O–H groups in total. The van der Waals surface area contributed by atoms with Crippen molar-refractivity contribution in [3.05, 3.63) is 0 Å². The highest BCUT2D eigenvalue weighted by Gasteiger charge is 2.21. The van der Waals surface area contributed by atoms with E-state index in [2.05, 4.69) is 10.2 Å². The summed E-state index contributed by atoms with van der Waals surface area (Å²) in [5.41, 5.74) is 5.90. The van der Waals surface area contributed by atoms with E-state index in [0.717, 1.165) is 52.0 Å². The quantitative estimate of drug-likeness (QED) is 0.712. The van der Waals surface area contributed by atoms with Gasteiger partial charge in [0.05, 0.1) is 6.54 Å². The number of carbonyl (C=O) groups is 1. The van der Waals surface area contributed by atoms with Crippen molar-refractivity contribution < 1.29 is 9.53 Å². The van der Waals surface area contributed by atoms with Crippen molar-refractivity contribution >= 4 is 5.91 Å². The van der Waals surface area contributed by atoms with Gasteiger partial charge in [0.15, 0.2) is 0 Å². The van der Waals surface area contributed by atoms with Crippen LogP contribution in [0, 0.1) is 0 Å². The summed E-state index contributed by atoms with van der Waals surface area (Å²) in [7, 11) is 0. The summed E-state index contributed by atoms with van der Waals surface area (Å²) in [6.45, 7) is 3.86. The fraction of sp³-hybridized carbons (Fsp3) is 0.917. The van der Waals surface area contributed by atoms with Crippen molar-refractivity contribution in [2.75, 3.05) is 32.8 Å². The molecule has 2 saturated heterocycles. The van der Waals surface area contributed by atoms with Gasteiger partial charge in [-0.1, -0.05) is 0 Å². The lowest BCUT2D eigenvalue weighted by molar-refractivity contribution is -0.123. The number of hydrogen-bond donors (Lipinski definition) is 2. The van der Waals surface area contributed by atoms with Gasteiger partial charge in [-0.25, -0.2) is 0 Å². The van der Waals surface area contributed by atoms with E-state index in [0.29, 0.717) is 12.6 Å². The van der Waals surface area contributed by atoms with Gasteiger partial charge >= 0.3 is 0 Å². The molecular formula is C12H23N3O2. The third kappa shape index (κ3) is 4.26. The fourth-order valence-electron chi connectivity index (χ4n) is 2.55. The molecule has 0 unspecified atom stereocenters. The van der Waals surface area contributed by atoms with E-state index in [1.54, 1.807) is 0 Å². The molecule has 17 heavy (non-hydrogen) atoms. The van der Waals surface area contributed by atoms with Gasteiger partial charge in [-0.3, -0.25) is 9.69 Å². The zero-order valence-corrected chi connectivity index (χ0v) is 10.4. The van der Waals surface area contributed by atoms with Crippen LogP contribution in [0.15, 0.2) is 0 Å². The summed E-state index contributed by atoms with van der Waals surface area (Å²) >= 11 is 0. The van der Waals surface area contributed by atoms with Crippen LogP contribution in [0.5, 0.6) is 0 Å². The third-order valence-corrected chi connectivity index (χ3v) is 3.50. The van der Waals surface area contributed by atoms with Crippen molar-refractivity contribution in [2.24, 2.45) is 5.73 Å². The summed E-state index contributed by atoms with van der Waals surface area (Å²) in [6.07, 6.45) is 4.06. The molecule has 2 aliphatic rings. The molecule has 0 aliphatic carbocycles. The minimum absolute atomic E-state index is 0.131. The molecule has 1 atom stereocenters. The molecule has 2 aliphatic heterocycles. The second kappa shape index (κ2) is 6.33. The summed E-state index contributed by atoms with van der Waals surface area (Å²) in [4.78, 5) is 14.0. The lowest BCUT2D eigenvalue weighted by Gasteiger charge is -2.31. The lowest BCUT2D eigenvalue weighted by atomic mass is 10.1. The van der Waals surface area contributed by atoms with Crippen molar-refractivity contribution in [1.82, 2.24) is 10.2 Å². The van der Waals surface area contributed by atoms with E-state index in [1.165, 1.54) is 0 Å². The first-order chi connectivity index (χ1) is 8.24. The van der Waals surface area contributed by atoms with Gasteiger partial charge in [0.1, 0.15) is 0 Å². The summed E-state index contributed by atoms with van der Waals surface area (Å²) in [5.74, 6) is 0.131. The maximum Gasteiger partial charge on any atom is 0.234 e. The number of carbonyl (C=O) groups excluding carboxylic acids is 1. The predicted molar refractivity (Wildman–Crippen MR) is 65.6 cm³/mol. The average Bonchev–Trinajstić information content (AvgIpc) is 2.30. The molecule has 5 nitrogen and oxygen atoms in total. The fourth-order valence-corrected chi connectivity index (χ4v) is 2.55. The Bertz CT molecular complexity index is 254. The molecule has 2 heterocycles. The zero-order chi connectivity index (χ0) is 12.1. The average molecular weight is 241 g/mol. The Balaban J connectivity index is 1.68. The van der Waals surface area contributed by atoms with Crippen LogP contribution in [0.3, 0.4) is 0 Å². The topological polar surface area (TPSA) is 67.6 Å². The SMILES string of the molecule is N[C@@H]1CCCN(CC(=O)NC2CCOCC2)C1. The Kier molecular flexibility index (Phi) is 4.76. The molecule has 1 amide bonds. The van der Waals surface area contributed by atoms with Gasteiger partial charge in [0.25, 0.3) is 0 Å². The molecule has 0 aromatic carbocycles. The van der Waals surface area contributed by atoms with E-state index >= 15 is 0 Å². The lowest BCUT2D eigenvalue weighted by Crippen LogP contribution is -2.49. The normalized spacial score (nSPS) is 27.9. The summed E-state index contributed by atoms with van der Waals surface area (Å²) < 4.78 is 5.27. The van der Waals surface area contributed by atoms with Crippen LogP contribution in [0.2, 0.25) is 0 Å². The minimum Gasteiger partial charge on any atom is -0.381 e. The minimum atomic E-state index is 0.131.